The van der Waals surface area contributed by atoms with E-state index in [1.807, 2.05) is 18.3 Å². The normalized spacial score (nSPS) is 20.0. The van der Waals surface area contributed by atoms with E-state index in [-0.39, 0.29) is 36.8 Å². The van der Waals surface area contributed by atoms with E-state index >= 15 is 0 Å². The van der Waals surface area contributed by atoms with Crippen molar-refractivity contribution in [3.05, 3.63) is 99.1 Å². The van der Waals surface area contributed by atoms with Crippen LogP contribution in [0.1, 0.15) is 68.2 Å². The van der Waals surface area contributed by atoms with Crippen LogP contribution >= 0.6 is 11.6 Å². The number of fused-ring (bicyclic) bond motifs is 1. The lowest BCUT2D eigenvalue weighted by molar-refractivity contribution is -0.164. The summed E-state index contributed by atoms with van der Waals surface area (Å²) in [5.74, 6) is -0.581. The van der Waals surface area contributed by atoms with Crippen LogP contribution in [0.3, 0.4) is 0 Å². The van der Waals surface area contributed by atoms with Crippen molar-refractivity contribution in [2.45, 2.75) is 65.1 Å². The Labute approximate surface area is 314 Å². The average Bonchev–Trinajstić information content (AvgIpc) is 3.62. The number of nitrogens with one attached hydrogen (secondary N) is 3. The Bertz CT molecular complexity index is 2380. The topological polar surface area (TPSA) is 199 Å². The molecule has 0 radical (unpaired) electrons. The SMILES string of the molecule is CC1(C)C(NC(=O)c2ccc(-n3cc(CCNc4ccc5nnn(C6CCC(=O)NC6=O)c(=O)c5c4)nn3)cc2)C(C)(C)C1Oc1ccc(C#N)c(Cl)c1. The molecule has 3 heterocycles. The molecule has 3 aromatic carbocycles. The van der Waals surface area contributed by atoms with Gasteiger partial charge in [-0.3, -0.25) is 24.5 Å². The zero-order valence-electron chi connectivity index (χ0n) is 30.0. The van der Waals surface area contributed by atoms with Gasteiger partial charge in [-0.25, -0.2) is 4.68 Å². The van der Waals surface area contributed by atoms with E-state index in [4.69, 9.17) is 16.3 Å². The summed E-state index contributed by atoms with van der Waals surface area (Å²) in [7, 11) is 0. The predicted octanol–water partition coefficient (Wildman–Crippen LogP) is 4.14. The molecule has 1 saturated heterocycles. The Morgan fingerprint density at radius 3 is 2.48 bits per heavy atom. The first kappa shape index (κ1) is 36.2. The van der Waals surface area contributed by atoms with E-state index in [0.717, 1.165) is 16.1 Å². The van der Waals surface area contributed by atoms with Gasteiger partial charge in [-0.05, 0) is 61.0 Å². The lowest BCUT2D eigenvalue weighted by Crippen LogP contribution is -2.74. The Morgan fingerprint density at radius 2 is 1.78 bits per heavy atom. The van der Waals surface area contributed by atoms with Crippen molar-refractivity contribution in [3.63, 3.8) is 0 Å². The molecule has 2 aliphatic rings. The van der Waals surface area contributed by atoms with Gasteiger partial charge < -0.3 is 15.4 Å². The predicted molar refractivity (Wildman–Crippen MR) is 198 cm³/mol. The maximum atomic E-state index is 13.4. The first-order valence-corrected chi connectivity index (χ1v) is 17.8. The van der Waals surface area contributed by atoms with Crippen LogP contribution in [0.2, 0.25) is 5.02 Å². The standard InChI is InChI=1S/C38H37ClN10O5/c1-37(2)35(38(3,4)36(37)54-26-11-7-22(19-40)28(39)18-26)43-32(51)21-5-9-25(10-6-21)48-20-24(44-46-48)15-16-41-23-8-12-29-27(17-23)34(53)49(47-45-29)30-13-14-31(50)42-33(30)52/h5-12,17-18,20,30,35-36,41H,13-16H2,1-4H3,(H,43,51)(H,42,50,52). The zero-order chi connectivity index (χ0) is 38.4. The summed E-state index contributed by atoms with van der Waals surface area (Å²) in [5, 5.41) is 35.1. The number of rotatable bonds is 10. The van der Waals surface area contributed by atoms with Gasteiger partial charge in [0, 0.05) is 53.6 Å². The zero-order valence-corrected chi connectivity index (χ0v) is 30.7. The summed E-state index contributed by atoms with van der Waals surface area (Å²) in [5.41, 5.74) is 2.16. The highest BCUT2D eigenvalue weighted by Crippen LogP contribution is 2.55. The van der Waals surface area contributed by atoms with Gasteiger partial charge in [0.2, 0.25) is 5.91 Å². The molecule has 2 fully saturated rings. The summed E-state index contributed by atoms with van der Waals surface area (Å²) < 4.78 is 9.01. The third kappa shape index (κ3) is 6.76. The second-order valence-electron chi connectivity index (χ2n) is 14.7. The summed E-state index contributed by atoms with van der Waals surface area (Å²) in [6.07, 6.45) is 2.42. The number of halogens is 1. The lowest BCUT2D eigenvalue weighted by Gasteiger charge is -2.63. The van der Waals surface area contributed by atoms with Gasteiger partial charge in [-0.15, -0.1) is 10.2 Å². The molecule has 1 atom stereocenters. The van der Waals surface area contributed by atoms with Gasteiger partial charge in [0.05, 0.1) is 33.6 Å². The van der Waals surface area contributed by atoms with E-state index in [1.54, 1.807) is 53.2 Å². The highest BCUT2D eigenvalue weighted by molar-refractivity contribution is 6.31. The largest absolute Gasteiger partial charge is 0.489 e. The van der Waals surface area contributed by atoms with Gasteiger partial charge in [0.25, 0.3) is 17.4 Å². The first-order valence-electron chi connectivity index (χ1n) is 17.4. The molecule has 1 aliphatic heterocycles. The van der Waals surface area contributed by atoms with Gasteiger partial charge >= 0.3 is 0 Å². The number of benzene rings is 3. The average molecular weight is 749 g/mol. The highest BCUT2D eigenvalue weighted by Gasteiger charge is 2.64. The fourth-order valence-corrected chi connectivity index (χ4v) is 7.95. The molecule has 2 aromatic heterocycles. The maximum Gasteiger partial charge on any atom is 0.278 e. The van der Waals surface area contributed by atoms with Crippen molar-refractivity contribution in [2.75, 3.05) is 11.9 Å². The number of nitrogens with zero attached hydrogens (tertiary/aromatic N) is 7. The van der Waals surface area contributed by atoms with E-state index < -0.39 is 28.3 Å². The number of imide groups is 1. The van der Waals surface area contributed by atoms with Gasteiger partial charge in [-0.2, -0.15) is 9.94 Å². The Balaban J connectivity index is 0.944. The van der Waals surface area contributed by atoms with Crippen molar-refractivity contribution < 1.29 is 19.1 Å². The van der Waals surface area contributed by atoms with Gasteiger partial charge in [0.1, 0.15) is 29.5 Å². The van der Waals surface area contributed by atoms with Crippen LogP contribution < -0.4 is 26.2 Å². The van der Waals surface area contributed by atoms with Crippen molar-refractivity contribution in [1.82, 2.24) is 40.6 Å². The number of hydrogen-bond acceptors (Lipinski definition) is 11. The molecule has 7 rings (SSSR count). The molecule has 54 heavy (non-hydrogen) atoms. The third-order valence-corrected chi connectivity index (χ3v) is 10.6. The van der Waals surface area contributed by atoms with E-state index in [0.29, 0.717) is 51.5 Å². The van der Waals surface area contributed by atoms with Crippen molar-refractivity contribution in [2.24, 2.45) is 10.8 Å². The molecule has 5 aromatic rings. The number of aromatic nitrogens is 6. The number of nitriles is 1. The van der Waals surface area contributed by atoms with E-state index in [9.17, 15) is 24.4 Å². The van der Waals surface area contributed by atoms with Crippen LogP contribution in [0.25, 0.3) is 16.6 Å². The Hall–Kier alpha value is -6.14. The molecule has 16 heteroatoms. The number of carbonyl (C=O) groups is 3. The fraction of sp³-hybridized carbons (Fsp3) is 0.342. The van der Waals surface area contributed by atoms with E-state index in [1.165, 1.54) is 0 Å². The molecule has 0 spiro atoms. The molecule has 1 aliphatic carbocycles. The molecule has 15 nitrogen and oxygen atoms in total. The first-order chi connectivity index (χ1) is 25.8. The van der Waals surface area contributed by atoms with Crippen LogP contribution in [-0.2, 0) is 16.0 Å². The van der Waals surface area contributed by atoms with Crippen molar-refractivity contribution in [3.8, 4) is 17.5 Å². The fourth-order valence-electron chi connectivity index (χ4n) is 7.73. The number of amides is 3. The monoisotopic (exact) mass is 748 g/mol. The number of carbonyl (C=O) groups excluding carboxylic acids is 3. The number of ether oxygens (including phenoxy) is 1. The molecular formula is C38H37ClN10O5. The van der Waals surface area contributed by atoms with Crippen LogP contribution in [-0.4, -0.2) is 66.4 Å². The van der Waals surface area contributed by atoms with E-state index in [2.05, 4.69) is 70.3 Å². The second-order valence-corrected chi connectivity index (χ2v) is 15.1. The minimum Gasteiger partial charge on any atom is -0.489 e. The van der Waals surface area contributed by atoms with Gasteiger partial charge in [0.15, 0.2) is 0 Å². The van der Waals surface area contributed by atoms with Crippen molar-refractivity contribution in [1.29, 1.82) is 5.26 Å². The number of piperidine rings is 1. The molecule has 3 amide bonds. The van der Waals surface area contributed by atoms with Crippen LogP contribution in [0.15, 0.2) is 71.7 Å². The molecular weight excluding hydrogens is 712 g/mol. The minimum atomic E-state index is -0.899. The summed E-state index contributed by atoms with van der Waals surface area (Å²) in [4.78, 5) is 50.5. The Kier molecular flexibility index (Phi) is 9.40. The third-order valence-electron chi connectivity index (χ3n) is 10.3. The van der Waals surface area contributed by atoms with Gasteiger partial charge in [-0.1, -0.05) is 49.7 Å². The van der Waals surface area contributed by atoms with Crippen LogP contribution in [0.4, 0.5) is 5.69 Å². The second kappa shape index (κ2) is 14.0. The smallest absolute Gasteiger partial charge is 0.278 e. The number of hydrogen-bond donors (Lipinski definition) is 3. The van der Waals surface area contributed by atoms with Crippen LogP contribution in [0.5, 0.6) is 5.75 Å². The minimum absolute atomic E-state index is 0.118. The quantitative estimate of drug-likeness (QED) is 0.174. The molecule has 3 N–H and O–H groups in total. The highest BCUT2D eigenvalue weighted by atomic mass is 35.5. The number of anilines is 1. The molecule has 1 saturated carbocycles. The Morgan fingerprint density at radius 1 is 1.02 bits per heavy atom. The summed E-state index contributed by atoms with van der Waals surface area (Å²) >= 11 is 6.22. The lowest BCUT2D eigenvalue weighted by atomic mass is 9.49. The molecule has 1 unspecified atom stereocenters. The van der Waals surface area contributed by atoms with Crippen molar-refractivity contribution >= 4 is 45.9 Å². The maximum absolute atomic E-state index is 13.4. The summed E-state index contributed by atoms with van der Waals surface area (Å²) in [6.45, 7) is 8.71. The summed E-state index contributed by atoms with van der Waals surface area (Å²) in [6, 6.07) is 18.2. The molecule has 276 valence electrons. The molecule has 0 bridgehead atoms. The van der Waals surface area contributed by atoms with Crippen LogP contribution in [0, 0.1) is 22.2 Å².